The number of aromatic nitrogens is 4. The van der Waals surface area contributed by atoms with Gasteiger partial charge in [-0.05, 0) is 58.6 Å². The van der Waals surface area contributed by atoms with E-state index in [4.69, 9.17) is 4.74 Å². The van der Waals surface area contributed by atoms with Gasteiger partial charge < -0.3 is 25.0 Å². The summed E-state index contributed by atoms with van der Waals surface area (Å²) in [7, 11) is 1.50. The van der Waals surface area contributed by atoms with Gasteiger partial charge in [0.1, 0.15) is 34.7 Å². The van der Waals surface area contributed by atoms with Crippen molar-refractivity contribution < 1.29 is 23.8 Å². The first-order chi connectivity index (χ1) is 18.4. The molecule has 2 aliphatic carbocycles. The Bertz CT molecular complexity index is 1470. The number of nitrogens with one attached hydrogen (secondary N) is 2. The molecule has 12 nitrogen and oxygen atoms in total. The first kappa shape index (κ1) is 26.6. The number of hydrogen-bond acceptors (Lipinski definition) is 8. The van der Waals surface area contributed by atoms with Crippen LogP contribution >= 0.6 is 0 Å². The van der Waals surface area contributed by atoms with Crippen molar-refractivity contribution >= 4 is 35.0 Å². The van der Waals surface area contributed by atoms with Crippen molar-refractivity contribution in [2.24, 2.45) is 0 Å². The minimum Gasteiger partial charge on any atom is -0.443 e. The van der Waals surface area contributed by atoms with E-state index in [1.165, 1.54) is 33.3 Å². The van der Waals surface area contributed by atoms with Crippen molar-refractivity contribution in [1.29, 1.82) is 0 Å². The topological polar surface area (TPSA) is 143 Å². The summed E-state index contributed by atoms with van der Waals surface area (Å²) in [6, 6.07) is 4.19. The molecule has 0 aliphatic heterocycles. The van der Waals surface area contributed by atoms with Gasteiger partial charge in [0, 0.05) is 25.4 Å². The second-order valence-electron chi connectivity index (χ2n) is 11.0. The molecule has 0 saturated heterocycles. The zero-order valence-corrected chi connectivity index (χ0v) is 22.2. The SMILES string of the molecule is CN(C(=O)OC(C)(C)C)c1cc(Nc2cccn([C@H]3C[C@H](F)C3)c2=O)nc2c(C(=O)N[C@@H]3CC[C@@H]3O)cnn12. The molecule has 0 aromatic carbocycles. The van der Waals surface area contributed by atoms with Crippen LogP contribution in [-0.4, -0.2) is 67.2 Å². The normalized spacial score (nSPS) is 22.5. The van der Waals surface area contributed by atoms with E-state index in [1.807, 2.05) is 0 Å². The van der Waals surface area contributed by atoms with E-state index < -0.39 is 29.9 Å². The summed E-state index contributed by atoms with van der Waals surface area (Å²) < 4.78 is 21.8. The lowest BCUT2D eigenvalue weighted by atomic mass is 9.89. The van der Waals surface area contributed by atoms with Crippen molar-refractivity contribution in [3.8, 4) is 0 Å². The lowest BCUT2D eigenvalue weighted by Gasteiger charge is -2.32. The highest BCUT2D eigenvalue weighted by atomic mass is 19.1. The number of alkyl halides is 1. The van der Waals surface area contributed by atoms with Crippen LogP contribution in [0.2, 0.25) is 0 Å². The molecular formula is C26H32FN7O5. The van der Waals surface area contributed by atoms with Crippen molar-refractivity contribution in [3.05, 3.63) is 46.5 Å². The Kier molecular flexibility index (Phi) is 6.79. The Morgan fingerprint density at radius 3 is 2.62 bits per heavy atom. The molecule has 39 heavy (non-hydrogen) atoms. The molecule has 0 spiro atoms. The maximum absolute atomic E-state index is 13.4. The third-order valence-corrected chi connectivity index (χ3v) is 6.95. The fourth-order valence-electron chi connectivity index (χ4n) is 4.51. The molecule has 2 amide bonds. The van der Waals surface area contributed by atoms with Crippen LogP contribution < -0.4 is 21.1 Å². The maximum Gasteiger partial charge on any atom is 0.415 e. The van der Waals surface area contributed by atoms with Gasteiger partial charge in [-0.1, -0.05) is 0 Å². The molecule has 208 valence electrons. The van der Waals surface area contributed by atoms with Gasteiger partial charge in [0.2, 0.25) is 0 Å². The third-order valence-electron chi connectivity index (χ3n) is 6.95. The maximum atomic E-state index is 13.4. The number of carbonyl (C=O) groups excluding carboxylic acids is 2. The molecule has 2 atom stereocenters. The number of anilines is 3. The quantitative estimate of drug-likeness (QED) is 0.432. The lowest BCUT2D eigenvalue weighted by Crippen LogP contribution is -2.50. The molecule has 0 bridgehead atoms. The van der Waals surface area contributed by atoms with E-state index >= 15 is 0 Å². The largest absolute Gasteiger partial charge is 0.443 e. The van der Waals surface area contributed by atoms with Gasteiger partial charge in [-0.2, -0.15) is 9.61 Å². The van der Waals surface area contributed by atoms with Gasteiger partial charge in [-0.15, -0.1) is 0 Å². The van der Waals surface area contributed by atoms with E-state index in [1.54, 1.807) is 39.1 Å². The van der Waals surface area contributed by atoms with Crippen LogP contribution in [0.1, 0.15) is 62.9 Å². The Hall–Kier alpha value is -4.00. The van der Waals surface area contributed by atoms with E-state index in [-0.39, 0.29) is 59.0 Å². The summed E-state index contributed by atoms with van der Waals surface area (Å²) in [6.07, 6.45) is 2.59. The molecular weight excluding hydrogens is 509 g/mol. The fraction of sp³-hybridized carbons (Fsp3) is 0.500. The van der Waals surface area contributed by atoms with Gasteiger partial charge in [-0.3, -0.25) is 14.5 Å². The van der Waals surface area contributed by atoms with Crippen LogP contribution in [0.4, 0.5) is 26.5 Å². The number of halogens is 1. The molecule has 13 heteroatoms. The van der Waals surface area contributed by atoms with Gasteiger partial charge in [0.05, 0.1) is 18.3 Å². The predicted octanol–water partition coefficient (Wildman–Crippen LogP) is 2.93. The van der Waals surface area contributed by atoms with Crippen LogP contribution in [0.3, 0.4) is 0 Å². The van der Waals surface area contributed by atoms with Crippen molar-refractivity contribution in [3.63, 3.8) is 0 Å². The second kappa shape index (κ2) is 9.95. The molecule has 5 rings (SSSR count). The van der Waals surface area contributed by atoms with E-state index in [2.05, 4.69) is 20.7 Å². The number of rotatable bonds is 6. The minimum atomic E-state index is -0.916. The highest BCUT2D eigenvalue weighted by molar-refractivity contribution is 6.00. The molecule has 2 saturated carbocycles. The zero-order valence-electron chi connectivity index (χ0n) is 22.2. The highest BCUT2D eigenvalue weighted by Crippen LogP contribution is 2.34. The predicted molar refractivity (Wildman–Crippen MR) is 141 cm³/mol. The number of carbonyl (C=O) groups is 2. The van der Waals surface area contributed by atoms with E-state index in [9.17, 15) is 23.9 Å². The average Bonchev–Trinajstić information content (AvgIpc) is 3.28. The Morgan fingerprint density at radius 1 is 1.26 bits per heavy atom. The van der Waals surface area contributed by atoms with Crippen LogP contribution in [0.15, 0.2) is 35.4 Å². The summed E-state index contributed by atoms with van der Waals surface area (Å²) >= 11 is 0. The number of amides is 2. The Morgan fingerprint density at radius 2 is 2.00 bits per heavy atom. The smallest absolute Gasteiger partial charge is 0.415 e. The van der Waals surface area contributed by atoms with Crippen molar-refractivity contribution in [2.75, 3.05) is 17.3 Å². The number of aliphatic hydroxyl groups excluding tert-OH is 1. The number of pyridine rings is 1. The number of ether oxygens (including phenoxy) is 1. The van der Waals surface area contributed by atoms with E-state index in [0.29, 0.717) is 12.8 Å². The van der Waals surface area contributed by atoms with Crippen LogP contribution in [0.5, 0.6) is 0 Å². The number of hydrogen-bond donors (Lipinski definition) is 3. The second-order valence-corrected chi connectivity index (χ2v) is 11.0. The molecule has 3 aromatic rings. The number of aliphatic hydroxyl groups is 1. The van der Waals surface area contributed by atoms with Gasteiger partial charge in [-0.25, -0.2) is 14.2 Å². The van der Waals surface area contributed by atoms with E-state index in [0.717, 1.165) is 0 Å². The monoisotopic (exact) mass is 541 g/mol. The first-order valence-corrected chi connectivity index (χ1v) is 12.9. The molecule has 3 heterocycles. The number of nitrogens with zero attached hydrogens (tertiary/aromatic N) is 5. The fourth-order valence-corrected chi connectivity index (χ4v) is 4.51. The van der Waals surface area contributed by atoms with Gasteiger partial charge in [0.15, 0.2) is 5.65 Å². The summed E-state index contributed by atoms with van der Waals surface area (Å²) in [5.41, 5.74) is -0.640. The third kappa shape index (κ3) is 5.31. The first-order valence-electron chi connectivity index (χ1n) is 12.9. The molecule has 0 unspecified atom stereocenters. The molecule has 2 aliphatic rings. The molecule has 0 radical (unpaired) electrons. The standard InChI is InChI=1S/C26H32FN7O5/c1-26(2,3)39-25(38)32(4)21-12-20(29-18-6-5-9-33(24(18)37)15-10-14(27)11-15)31-22-16(13-28-34(21)22)23(36)30-17-7-8-19(17)35/h5-6,9,12-15,17,19,35H,7-8,10-11H2,1-4H3,(H,29,31)(H,30,36)/t14-,15-,17-,19+/m1/s1. The van der Waals surface area contributed by atoms with Crippen LogP contribution in [0.25, 0.3) is 5.65 Å². The van der Waals surface area contributed by atoms with Gasteiger partial charge in [0.25, 0.3) is 11.5 Å². The molecule has 3 N–H and O–H groups in total. The van der Waals surface area contributed by atoms with Crippen LogP contribution in [-0.2, 0) is 4.74 Å². The summed E-state index contributed by atoms with van der Waals surface area (Å²) in [4.78, 5) is 44.9. The number of fused-ring (bicyclic) bond motifs is 1. The van der Waals surface area contributed by atoms with Crippen LogP contribution in [0, 0.1) is 0 Å². The minimum absolute atomic E-state index is 0.130. The summed E-state index contributed by atoms with van der Waals surface area (Å²) in [6.45, 7) is 5.23. The van der Waals surface area contributed by atoms with Crippen molar-refractivity contribution in [2.45, 2.75) is 76.4 Å². The summed E-state index contributed by atoms with van der Waals surface area (Å²) in [5, 5.41) is 20.0. The van der Waals surface area contributed by atoms with Gasteiger partial charge >= 0.3 is 6.09 Å². The molecule has 3 aromatic heterocycles. The lowest BCUT2D eigenvalue weighted by molar-refractivity contribution is 0.0448. The Balaban J connectivity index is 1.53. The molecule has 2 fully saturated rings. The van der Waals surface area contributed by atoms with Crippen molar-refractivity contribution in [1.82, 2.24) is 24.5 Å². The Labute approximate surface area is 223 Å². The highest BCUT2D eigenvalue weighted by Gasteiger charge is 2.33. The average molecular weight is 542 g/mol. The summed E-state index contributed by atoms with van der Waals surface area (Å²) in [5.74, 6) is -0.0648. The zero-order chi connectivity index (χ0) is 28.1.